The standard InChI is InChI=1S/C19H26N2/c1-16(2)21(15-18-7-4-3-5-8-18)14-6-9-17-10-12-19(20)13-11-17/h3-5,7-8,10-13,16H,6,9,14-15,20H2,1-2H3. The number of anilines is 1. The molecule has 2 nitrogen and oxygen atoms in total. The van der Waals surface area contributed by atoms with Gasteiger partial charge in [-0.3, -0.25) is 4.90 Å². The predicted octanol–water partition coefficient (Wildman–Crippen LogP) is 4.11. The number of nitrogen functional groups attached to an aromatic ring is 1. The highest BCUT2D eigenvalue weighted by Gasteiger charge is 2.09. The van der Waals surface area contributed by atoms with Crippen LogP contribution in [0.4, 0.5) is 5.69 Å². The quantitative estimate of drug-likeness (QED) is 0.774. The second-order valence-corrected chi connectivity index (χ2v) is 5.89. The topological polar surface area (TPSA) is 29.3 Å². The zero-order valence-corrected chi connectivity index (χ0v) is 13.1. The van der Waals surface area contributed by atoms with Crippen molar-refractivity contribution in [2.45, 2.75) is 39.3 Å². The lowest BCUT2D eigenvalue weighted by atomic mass is 10.1. The van der Waals surface area contributed by atoms with Crippen LogP contribution in [-0.2, 0) is 13.0 Å². The summed E-state index contributed by atoms with van der Waals surface area (Å²) >= 11 is 0. The summed E-state index contributed by atoms with van der Waals surface area (Å²) in [6.45, 7) is 6.69. The lowest BCUT2D eigenvalue weighted by Gasteiger charge is -2.26. The lowest BCUT2D eigenvalue weighted by Crippen LogP contribution is -2.31. The largest absolute Gasteiger partial charge is 0.399 e. The summed E-state index contributed by atoms with van der Waals surface area (Å²) in [6.07, 6.45) is 2.28. The van der Waals surface area contributed by atoms with Gasteiger partial charge in [0.05, 0.1) is 0 Å². The van der Waals surface area contributed by atoms with E-state index in [9.17, 15) is 0 Å². The fourth-order valence-corrected chi connectivity index (χ4v) is 2.51. The smallest absolute Gasteiger partial charge is 0.0314 e. The van der Waals surface area contributed by atoms with Crippen molar-refractivity contribution in [3.05, 3.63) is 65.7 Å². The minimum atomic E-state index is 0.566. The van der Waals surface area contributed by atoms with Gasteiger partial charge in [-0.15, -0.1) is 0 Å². The highest BCUT2D eigenvalue weighted by molar-refractivity contribution is 5.39. The Morgan fingerprint density at radius 1 is 0.905 bits per heavy atom. The summed E-state index contributed by atoms with van der Waals surface area (Å²) in [5.41, 5.74) is 9.32. The normalized spacial score (nSPS) is 11.2. The second-order valence-electron chi connectivity index (χ2n) is 5.89. The van der Waals surface area contributed by atoms with Gasteiger partial charge in [-0.2, -0.15) is 0 Å². The van der Waals surface area contributed by atoms with Crippen LogP contribution in [0.3, 0.4) is 0 Å². The third-order valence-electron chi connectivity index (χ3n) is 3.85. The number of aryl methyl sites for hydroxylation is 1. The summed E-state index contributed by atoms with van der Waals surface area (Å²) in [5, 5.41) is 0. The van der Waals surface area contributed by atoms with E-state index in [0.717, 1.165) is 25.2 Å². The number of nitrogens with two attached hydrogens (primary N) is 1. The highest BCUT2D eigenvalue weighted by atomic mass is 15.1. The average Bonchev–Trinajstić information content (AvgIpc) is 2.49. The molecule has 0 fully saturated rings. The molecule has 2 aromatic rings. The Balaban J connectivity index is 1.84. The van der Waals surface area contributed by atoms with Gasteiger partial charge >= 0.3 is 0 Å². The number of nitrogens with zero attached hydrogens (tertiary/aromatic N) is 1. The Morgan fingerprint density at radius 2 is 1.57 bits per heavy atom. The number of hydrogen-bond acceptors (Lipinski definition) is 2. The van der Waals surface area contributed by atoms with Gasteiger partial charge in [-0.1, -0.05) is 42.5 Å². The molecule has 21 heavy (non-hydrogen) atoms. The molecule has 0 amide bonds. The summed E-state index contributed by atoms with van der Waals surface area (Å²) in [7, 11) is 0. The number of rotatable bonds is 7. The van der Waals surface area contributed by atoms with Crippen molar-refractivity contribution < 1.29 is 0 Å². The van der Waals surface area contributed by atoms with Crippen LogP contribution in [0.15, 0.2) is 54.6 Å². The van der Waals surface area contributed by atoms with E-state index in [4.69, 9.17) is 5.73 Å². The Hall–Kier alpha value is -1.80. The van der Waals surface area contributed by atoms with Crippen LogP contribution in [0.25, 0.3) is 0 Å². The number of hydrogen-bond donors (Lipinski definition) is 1. The van der Waals surface area contributed by atoms with E-state index in [1.165, 1.54) is 17.5 Å². The van der Waals surface area contributed by atoms with Gasteiger partial charge in [0.25, 0.3) is 0 Å². The van der Waals surface area contributed by atoms with Crippen molar-refractivity contribution >= 4 is 5.69 Å². The Morgan fingerprint density at radius 3 is 2.19 bits per heavy atom. The molecule has 2 N–H and O–H groups in total. The fraction of sp³-hybridized carbons (Fsp3) is 0.368. The van der Waals surface area contributed by atoms with Crippen molar-refractivity contribution in [2.75, 3.05) is 12.3 Å². The molecular weight excluding hydrogens is 256 g/mol. The summed E-state index contributed by atoms with van der Waals surface area (Å²) in [6, 6.07) is 19.5. The molecule has 0 saturated carbocycles. The molecule has 0 aliphatic heterocycles. The van der Waals surface area contributed by atoms with Crippen molar-refractivity contribution in [1.29, 1.82) is 0 Å². The molecule has 0 spiro atoms. The van der Waals surface area contributed by atoms with Crippen LogP contribution in [0, 0.1) is 0 Å². The van der Waals surface area contributed by atoms with E-state index in [1.807, 2.05) is 12.1 Å². The fourth-order valence-electron chi connectivity index (χ4n) is 2.51. The van der Waals surface area contributed by atoms with Gasteiger partial charge in [0.15, 0.2) is 0 Å². The third-order valence-corrected chi connectivity index (χ3v) is 3.85. The van der Waals surface area contributed by atoms with Crippen molar-refractivity contribution in [3.8, 4) is 0 Å². The zero-order chi connectivity index (χ0) is 15.1. The predicted molar refractivity (Wildman–Crippen MR) is 91.2 cm³/mol. The first kappa shape index (κ1) is 15.6. The van der Waals surface area contributed by atoms with Crippen molar-refractivity contribution in [1.82, 2.24) is 4.90 Å². The molecule has 0 aliphatic rings. The van der Waals surface area contributed by atoms with E-state index in [2.05, 4.69) is 61.2 Å². The monoisotopic (exact) mass is 282 g/mol. The molecule has 2 heteroatoms. The van der Waals surface area contributed by atoms with Gasteiger partial charge in [-0.05, 0) is 56.5 Å². The first-order valence-electron chi connectivity index (χ1n) is 7.77. The molecule has 0 radical (unpaired) electrons. The van der Waals surface area contributed by atoms with Gasteiger partial charge in [0, 0.05) is 18.3 Å². The highest BCUT2D eigenvalue weighted by Crippen LogP contribution is 2.12. The van der Waals surface area contributed by atoms with Gasteiger partial charge in [0.2, 0.25) is 0 Å². The second kappa shape index (κ2) is 7.84. The SMILES string of the molecule is CC(C)N(CCCc1ccc(N)cc1)Cc1ccccc1. The van der Waals surface area contributed by atoms with Crippen LogP contribution in [0.5, 0.6) is 0 Å². The van der Waals surface area contributed by atoms with E-state index >= 15 is 0 Å². The number of benzene rings is 2. The van der Waals surface area contributed by atoms with Crippen LogP contribution >= 0.6 is 0 Å². The van der Waals surface area contributed by atoms with Crippen LogP contribution in [0.1, 0.15) is 31.4 Å². The van der Waals surface area contributed by atoms with E-state index in [1.54, 1.807) is 0 Å². The van der Waals surface area contributed by atoms with Crippen LogP contribution in [0.2, 0.25) is 0 Å². The molecule has 0 atom stereocenters. The van der Waals surface area contributed by atoms with Crippen LogP contribution < -0.4 is 5.73 Å². The lowest BCUT2D eigenvalue weighted by molar-refractivity contribution is 0.210. The zero-order valence-electron chi connectivity index (χ0n) is 13.1. The summed E-state index contributed by atoms with van der Waals surface area (Å²) < 4.78 is 0. The molecule has 0 heterocycles. The third kappa shape index (κ3) is 5.24. The van der Waals surface area contributed by atoms with Crippen molar-refractivity contribution in [2.24, 2.45) is 0 Å². The van der Waals surface area contributed by atoms with Gasteiger partial charge in [-0.25, -0.2) is 0 Å². The summed E-state index contributed by atoms with van der Waals surface area (Å²) in [5.74, 6) is 0. The Kier molecular flexibility index (Phi) is 5.82. The van der Waals surface area contributed by atoms with E-state index in [-0.39, 0.29) is 0 Å². The maximum Gasteiger partial charge on any atom is 0.0314 e. The molecule has 0 aromatic heterocycles. The molecule has 0 aliphatic carbocycles. The van der Waals surface area contributed by atoms with E-state index in [0.29, 0.717) is 6.04 Å². The minimum Gasteiger partial charge on any atom is -0.399 e. The van der Waals surface area contributed by atoms with Gasteiger partial charge < -0.3 is 5.73 Å². The first-order valence-corrected chi connectivity index (χ1v) is 7.77. The van der Waals surface area contributed by atoms with Gasteiger partial charge in [0.1, 0.15) is 0 Å². The maximum atomic E-state index is 5.72. The molecule has 2 rings (SSSR count). The maximum absolute atomic E-state index is 5.72. The first-order chi connectivity index (χ1) is 10.1. The Labute approximate surface area is 128 Å². The van der Waals surface area contributed by atoms with E-state index < -0.39 is 0 Å². The minimum absolute atomic E-state index is 0.566. The molecule has 0 unspecified atom stereocenters. The van der Waals surface area contributed by atoms with Crippen molar-refractivity contribution in [3.63, 3.8) is 0 Å². The molecule has 2 aromatic carbocycles. The molecule has 112 valence electrons. The molecule has 0 bridgehead atoms. The molecular formula is C19H26N2. The Bertz CT molecular complexity index is 517. The molecule has 0 saturated heterocycles. The summed E-state index contributed by atoms with van der Waals surface area (Å²) in [4.78, 5) is 2.53. The van der Waals surface area contributed by atoms with Crippen LogP contribution in [-0.4, -0.2) is 17.5 Å². The average molecular weight is 282 g/mol.